The third-order valence-electron chi connectivity index (χ3n) is 4.25. The van der Waals surface area contributed by atoms with Crippen LogP contribution in [0.15, 0.2) is 12.3 Å². The molecule has 1 atom stereocenters. The van der Waals surface area contributed by atoms with Crippen LogP contribution >= 0.6 is 0 Å². The molecule has 110 valence electrons. The Morgan fingerprint density at radius 3 is 3.00 bits per heavy atom. The Morgan fingerprint density at radius 1 is 1.45 bits per heavy atom. The maximum Gasteiger partial charge on any atom is 0.127 e. The summed E-state index contributed by atoms with van der Waals surface area (Å²) < 4.78 is 7.61. The minimum atomic E-state index is -0.263. The van der Waals surface area contributed by atoms with E-state index < -0.39 is 0 Å². The summed E-state index contributed by atoms with van der Waals surface area (Å²) >= 11 is 0. The first-order chi connectivity index (χ1) is 9.72. The summed E-state index contributed by atoms with van der Waals surface area (Å²) in [6.45, 7) is 3.01. The molecule has 0 spiro atoms. The number of hydrogen-bond donors (Lipinski definition) is 2. The van der Waals surface area contributed by atoms with Gasteiger partial charge in [-0.15, -0.1) is 0 Å². The normalized spacial score (nSPS) is 25.1. The van der Waals surface area contributed by atoms with Gasteiger partial charge in [0, 0.05) is 25.8 Å². The van der Waals surface area contributed by atoms with Gasteiger partial charge in [-0.2, -0.15) is 5.10 Å². The van der Waals surface area contributed by atoms with Gasteiger partial charge >= 0.3 is 0 Å². The van der Waals surface area contributed by atoms with E-state index in [4.69, 9.17) is 21.0 Å². The minimum Gasteiger partial charge on any atom is -0.385 e. The van der Waals surface area contributed by atoms with E-state index in [-0.39, 0.29) is 11.9 Å². The lowest BCUT2D eigenvalue weighted by atomic mass is 10.2. The number of morpholine rings is 1. The summed E-state index contributed by atoms with van der Waals surface area (Å²) in [5.41, 5.74) is 6.62. The first-order valence-electron chi connectivity index (χ1n) is 7.44. The molecular formula is C14H23N5O. The Balaban J connectivity index is 1.58. The molecule has 2 heterocycles. The Labute approximate surface area is 119 Å². The second-order valence-electron chi connectivity index (χ2n) is 5.78. The van der Waals surface area contributed by atoms with Crippen molar-refractivity contribution in [3.63, 3.8) is 0 Å². The topological polar surface area (TPSA) is 80.2 Å². The van der Waals surface area contributed by atoms with Gasteiger partial charge < -0.3 is 10.5 Å². The number of nitrogens with two attached hydrogens (primary N) is 1. The van der Waals surface area contributed by atoms with Crippen LogP contribution in [-0.2, 0) is 11.3 Å². The molecule has 20 heavy (non-hydrogen) atoms. The standard InChI is InChI=1S/C14H23N5O/c15-14(16)13-10-18(7-8-20-13)9-11-5-6-19(17-11)12-3-1-2-4-12/h5-6,12-13H,1-4,7-10H2,(H3,15,16). The molecule has 3 rings (SSSR count). The molecule has 1 aliphatic heterocycles. The molecule has 6 heteroatoms. The van der Waals surface area contributed by atoms with Crippen molar-refractivity contribution < 1.29 is 4.74 Å². The second-order valence-corrected chi connectivity index (χ2v) is 5.78. The summed E-state index contributed by atoms with van der Waals surface area (Å²) in [5, 5.41) is 12.2. The third-order valence-corrected chi connectivity index (χ3v) is 4.25. The number of nitrogens with zero attached hydrogens (tertiary/aromatic N) is 3. The van der Waals surface area contributed by atoms with E-state index in [9.17, 15) is 0 Å². The lowest BCUT2D eigenvalue weighted by Crippen LogP contribution is -2.47. The highest BCUT2D eigenvalue weighted by Gasteiger charge is 2.23. The van der Waals surface area contributed by atoms with Crippen molar-refractivity contribution in [2.24, 2.45) is 5.73 Å². The van der Waals surface area contributed by atoms with E-state index in [0.29, 0.717) is 19.2 Å². The highest BCUT2D eigenvalue weighted by molar-refractivity contribution is 5.82. The maximum absolute atomic E-state index is 7.48. The Bertz CT molecular complexity index is 466. The zero-order valence-electron chi connectivity index (χ0n) is 11.8. The number of amidine groups is 1. The fourth-order valence-corrected chi connectivity index (χ4v) is 3.10. The number of rotatable bonds is 4. The molecule has 0 aromatic carbocycles. The average Bonchev–Trinajstić information content (AvgIpc) is 3.09. The van der Waals surface area contributed by atoms with Crippen LogP contribution < -0.4 is 5.73 Å². The van der Waals surface area contributed by atoms with E-state index >= 15 is 0 Å². The smallest absolute Gasteiger partial charge is 0.127 e. The van der Waals surface area contributed by atoms with Crippen molar-refractivity contribution in [2.45, 2.75) is 44.4 Å². The lowest BCUT2D eigenvalue weighted by molar-refractivity contribution is 0.00184. The van der Waals surface area contributed by atoms with E-state index in [1.54, 1.807) is 0 Å². The van der Waals surface area contributed by atoms with Crippen molar-refractivity contribution in [3.05, 3.63) is 18.0 Å². The third kappa shape index (κ3) is 3.02. The Kier molecular flexibility index (Phi) is 4.03. The van der Waals surface area contributed by atoms with Gasteiger partial charge in [-0.25, -0.2) is 0 Å². The molecule has 0 bridgehead atoms. The van der Waals surface area contributed by atoms with E-state index in [0.717, 1.165) is 18.8 Å². The van der Waals surface area contributed by atoms with Gasteiger partial charge in [0.2, 0.25) is 0 Å². The second kappa shape index (κ2) is 5.93. The summed E-state index contributed by atoms with van der Waals surface area (Å²) in [6, 6.07) is 2.70. The number of aromatic nitrogens is 2. The summed E-state index contributed by atoms with van der Waals surface area (Å²) in [5.74, 6) is 0.117. The van der Waals surface area contributed by atoms with Crippen molar-refractivity contribution in [1.29, 1.82) is 5.41 Å². The summed E-state index contributed by atoms with van der Waals surface area (Å²) in [7, 11) is 0. The zero-order chi connectivity index (χ0) is 13.9. The highest BCUT2D eigenvalue weighted by Crippen LogP contribution is 2.28. The van der Waals surface area contributed by atoms with Crippen LogP contribution in [0.2, 0.25) is 0 Å². The molecule has 1 aromatic heterocycles. The van der Waals surface area contributed by atoms with Crippen molar-refractivity contribution in [2.75, 3.05) is 19.7 Å². The number of hydrogen-bond acceptors (Lipinski definition) is 4. The molecule has 6 nitrogen and oxygen atoms in total. The van der Waals surface area contributed by atoms with Crippen LogP contribution in [0.3, 0.4) is 0 Å². The van der Waals surface area contributed by atoms with Crippen LogP contribution in [0.4, 0.5) is 0 Å². The van der Waals surface area contributed by atoms with Crippen LogP contribution in [0, 0.1) is 5.41 Å². The molecule has 1 aliphatic carbocycles. The fraction of sp³-hybridized carbons (Fsp3) is 0.714. The van der Waals surface area contributed by atoms with Gasteiger partial charge in [0.1, 0.15) is 11.9 Å². The average molecular weight is 277 g/mol. The quantitative estimate of drug-likeness (QED) is 0.639. The predicted octanol–water partition coefficient (Wildman–Crippen LogP) is 1.13. The molecule has 2 fully saturated rings. The molecule has 3 N–H and O–H groups in total. The van der Waals surface area contributed by atoms with Gasteiger partial charge in [-0.05, 0) is 18.9 Å². The number of nitrogens with one attached hydrogen (secondary N) is 1. The summed E-state index contributed by atoms with van der Waals surface area (Å²) in [4.78, 5) is 2.26. The highest BCUT2D eigenvalue weighted by atomic mass is 16.5. The fourth-order valence-electron chi connectivity index (χ4n) is 3.10. The van der Waals surface area contributed by atoms with Gasteiger partial charge in [-0.1, -0.05) is 12.8 Å². The Hall–Kier alpha value is -1.40. The molecule has 1 saturated heterocycles. The Morgan fingerprint density at radius 2 is 2.25 bits per heavy atom. The molecule has 1 saturated carbocycles. The van der Waals surface area contributed by atoms with Crippen LogP contribution in [0.1, 0.15) is 37.4 Å². The molecule has 0 amide bonds. The van der Waals surface area contributed by atoms with Crippen molar-refractivity contribution in [3.8, 4) is 0 Å². The lowest BCUT2D eigenvalue weighted by Gasteiger charge is -2.31. The molecule has 0 radical (unpaired) electrons. The van der Waals surface area contributed by atoms with Crippen molar-refractivity contribution in [1.82, 2.24) is 14.7 Å². The van der Waals surface area contributed by atoms with E-state index in [1.807, 2.05) is 0 Å². The SMILES string of the molecule is N=C(N)C1CN(Cc2ccn(C3CCCC3)n2)CCO1. The molecular weight excluding hydrogens is 254 g/mol. The maximum atomic E-state index is 7.48. The largest absolute Gasteiger partial charge is 0.385 e. The molecule has 2 aliphatic rings. The van der Waals surface area contributed by atoms with Gasteiger partial charge in [-0.3, -0.25) is 15.0 Å². The van der Waals surface area contributed by atoms with Crippen LogP contribution in [-0.4, -0.2) is 46.3 Å². The van der Waals surface area contributed by atoms with Crippen molar-refractivity contribution >= 4 is 5.84 Å². The zero-order valence-corrected chi connectivity index (χ0v) is 11.8. The summed E-state index contributed by atoms with van der Waals surface area (Å²) in [6.07, 6.45) is 7.00. The van der Waals surface area contributed by atoms with E-state index in [2.05, 4.69) is 21.8 Å². The van der Waals surface area contributed by atoms with Gasteiger partial charge in [0.05, 0.1) is 18.3 Å². The van der Waals surface area contributed by atoms with Gasteiger partial charge in [0.25, 0.3) is 0 Å². The van der Waals surface area contributed by atoms with Crippen LogP contribution in [0.5, 0.6) is 0 Å². The first-order valence-corrected chi connectivity index (χ1v) is 7.44. The molecule has 1 unspecified atom stereocenters. The van der Waals surface area contributed by atoms with Gasteiger partial charge in [0.15, 0.2) is 0 Å². The van der Waals surface area contributed by atoms with E-state index in [1.165, 1.54) is 25.7 Å². The minimum absolute atomic E-state index is 0.117. The monoisotopic (exact) mass is 277 g/mol. The molecule has 1 aromatic rings. The predicted molar refractivity (Wildman–Crippen MR) is 76.7 cm³/mol. The first kappa shape index (κ1) is 13.6. The number of ether oxygens (including phenoxy) is 1. The van der Waals surface area contributed by atoms with Crippen LogP contribution in [0.25, 0.3) is 0 Å².